The second kappa shape index (κ2) is 6.76. The Balaban J connectivity index is 2.66. The Morgan fingerprint density at radius 2 is 2.31 bits per heavy atom. The van der Waals surface area contributed by atoms with Gasteiger partial charge in [-0.25, -0.2) is 4.98 Å². The zero-order chi connectivity index (χ0) is 12.0. The van der Waals surface area contributed by atoms with E-state index < -0.39 is 0 Å². The van der Waals surface area contributed by atoms with Crippen molar-refractivity contribution >= 4 is 28.5 Å². The molecule has 0 bridgehead atoms. The van der Waals surface area contributed by atoms with Crippen LogP contribution >= 0.6 is 23.4 Å². The summed E-state index contributed by atoms with van der Waals surface area (Å²) >= 11 is 7.37. The van der Waals surface area contributed by atoms with Gasteiger partial charge in [0.2, 0.25) is 0 Å². The lowest BCUT2D eigenvalue weighted by Crippen LogP contribution is -2.23. The van der Waals surface area contributed by atoms with E-state index in [-0.39, 0.29) is 0 Å². The highest BCUT2D eigenvalue weighted by atomic mass is 35.5. The lowest BCUT2D eigenvalue weighted by atomic mass is 10.3. The topological polar surface area (TPSA) is 28.5 Å². The predicted octanol–water partition coefficient (Wildman–Crippen LogP) is 2.91. The summed E-state index contributed by atoms with van der Waals surface area (Å²) in [5.74, 6) is 0. The first-order chi connectivity index (χ1) is 7.67. The highest BCUT2D eigenvalue weighted by Crippen LogP contribution is 2.09. The zero-order valence-corrected chi connectivity index (χ0v) is 11.3. The van der Waals surface area contributed by atoms with Crippen LogP contribution in [-0.2, 0) is 6.54 Å². The fourth-order valence-corrected chi connectivity index (χ4v) is 1.88. The normalized spacial score (nSPS) is 11.6. The number of hydrogen-bond donors (Lipinski definition) is 0. The van der Waals surface area contributed by atoms with E-state index in [0.717, 1.165) is 17.3 Å². The van der Waals surface area contributed by atoms with Crippen LogP contribution in [0.2, 0.25) is 5.15 Å². The standard InChI is InChI=1S/C11H16ClN3S/c1-4-15(2)11(16-3)14-8-9-5-6-10(12)13-7-9/h5-7H,4,8H2,1-3H3. The van der Waals surface area contributed by atoms with Gasteiger partial charge >= 0.3 is 0 Å². The summed E-state index contributed by atoms with van der Waals surface area (Å²) in [6, 6.07) is 3.73. The van der Waals surface area contributed by atoms with Gasteiger partial charge in [-0.05, 0) is 24.8 Å². The van der Waals surface area contributed by atoms with E-state index in [9.17, 15) is 0 Å². The van der Waals surface area contributed by atoms with Gasteiger partial charge in [-0.15, -0.1) is 0 Å². The summed E-state index contributed by atoms with van der Waals surface area (Å²) < 4.78 is 0. The molecule has 1 rings (SSSR count). The Hall–Kier alpha value is -0.740. The molecule has 0 saturated heterocycles. The molecule has 0 N–H and O–H groups in total. The Labute approximate surface area is 106 Å². The number of pyridine rings is 1. The molecule has 16 heavy (non-hydrogen) atoms. The summed E-state index contributed by atoms with van der Waals surface area (Å²) in [4.78, 5) is 10.7. The number of thioether (sulfide) groups is 1. The minimum absolute atomic E-state index is 0.517. The van der Waals surface area contributed by atoms with Crippen molar-refractivity contribution in [2.45, 2.75) is 13.5 Å². The fourth-order valence-electron chi connectivity index (χ4n) is 1.14. The largest absolute Gasteiger partial charge is 0.355 e. The highest BCUT2D eigenvalue weighted by molar-refractivity contribution is 8.13. The molecule has 1 aromatic heterocycles. The van der Waals surface area contributed by atoms with Crippen molar-refractivity contribution in [3.05, 3.63) is 29.0 Å². The van der Waals surface area contributed by atoms with Gasteiger partial charge in [-0.1, -0.05) is 29.4 Å². The zero-order valence-electron chi connectivity index (χ0n) is 9.77. The van der Waals surface area contributed by atoms with Crippen molar-refractivity contribution in [2.75, 3.05) is 19.8 Å². The molecule has 0 saturated carbocycles. The molecule has 0 aliphatic heterocycles. The smallest absolute Gasteiger partial charge is 0.158 e. The van der Waals surface area contributed by atoms with Gasteiger partial charge in [0.15, 0.2) is 5.17 Å². The number of amidine groups is 1. The highest BCUT2D eigenvalue weighted by Gasteiger charge is 2.02. The van der Waals surface area contributed by atoms with E-state index in [1.54, 1.807) is 24.0 Å². The third-order valence-corrected chi connectivity index (χ3v) is 3.20. The molecule has 0 aliphatic carbocycles. The summed E-state index contributed by atoms with van der Waals surface area (Å²) in [6.45, 7) is 3.71. The van der Waals surface area contributed by atoms with Crippen LogP contribution in [0.15, 0.2) is 23.3 Å². The first kappa shape index (κ1) is 13.3. The van der Waals surface area contributed by atoms with Crippen LogP contribution in [0.3, 0.4) is 0 Å². The molecule has 5 heteroatoms. The van der Waals surface area contributed by atoms with Crippen molar-refractivity contribution in [1.29, 1.82) is 0 Å². The summed E-state index contributed by atoms with van der Waals surface area (Å²) in [5, 5.41) is 1.56. The second-order valence-electron chi connectivity index (χ2n) is 3.31. The Morgan fingerprint density at radius 3 is 2.81 bits per heavy atom. The Kier molecular flexibility index (Phi) is 5.63. The van der Waals surface area contributed by atoms with Gasteiger partial charge in [-0.3, -0.25) is 4.99 Å². The number of halogens is 1. The van der Waals surface area contributed by atoms with Crippen molar-refractivity contribution < 1.29 is 0 Å². The van der Waals surface area contributed by atoms with Crippen LogP contribution in [0.1, 0.15) is 12.5 Å². The monoisotopic (exact) mass is 257 g/mol. The number of aromatic nitrogens is 1. The van der Waals surface area contributed by atoms with Crippen molar-refractivity contribution in [3.63, 3.8) is 0 Å². The van der Waals surface area contributed by atoms with Gasteiger partial charge in [0.25, 0.3) is 0 Å². The average molecular weight is 258 g/mol. The summed E-state index contributed by atoms with van der Waals surface area (Å²) in [6.07, 6.45) is 3.79. The maximum Gasteiger partial charge on any atom is 0.158 e. The first-order valence-corrected chi connectivity index (χ1v) is 6.67. The second-order valence-corrected chi connectivity index (χ2v) is 4.47. The van der Waals surface area contributed by atoms with Gasteiger partial charge in [0.05, 0.1) is 6.54 Å². The minimum atomic E-state index is 0.517. The third kappa shape index (κ3) is 4.02. The SMILES string of the molecule is CCN(C)C(=NCc1ccc(Cl)nc1)SC. The Bertz CT molecular complexity index is 351. The van der Waals surface area contributed by atoms with E-state index in [1.165, 1.54) is 0 Å². The van der Waals surface area contributed by atoms with Crippen molar-refractivity contribution in [2.24, 2.45) is 4.99 Å². The molecule has 0 aliphatic rings. The van der Waals surface area contributed by atoms with E-state index in [1.807, 2.05) is 19.4 Å². The van der Waals surface area contributed by atoms with Crippen LogP contribution in [0, 0.1) is 0 Å². The van der Waals surface area contributed by atoms with Crippen LogP contribution in [0.5, 0.6) is 0 Å². The molecular weight excluding hydrogens is 242 g/mol. The van der Waals surface area contributed by atoms with Gasteiger partial charge in [0.1, 0.15) is 5.15 Å². The van der Waals surface area contributed by atoms with Gasteiger partial charge in [0, 0.05) is 19.8 Å². The van der Waals surface area contributed by atoms with Gasteiger partial charge in [-0.2, -0.15) is 0 Å². The summed E-state index contributed by atoms with van der Waals surface area (Å²) in [7, 11) is 2.04. The summed E-state index contributed by atoms with van der Waals surface area (Å²) in [5.41, 5.74) is 1.07. The number of aliphatic imine (C=N–C) groups is 1. The van der Waals surface area contributed by atoms with Crippen LogP contribution < -0.4 is 0 Å². The van der Waals surface area contributed by atoms with Crippen LogP contribution in [-0.4, -0.2) is 34.9 Å². The van der Waals surface area contributed by atoms with Crippen molar-refractivity contribution in [3.8, 4) is 0 Å². The molecule has 3 nitrogen and oxygen atoms in total. The maximum absolute atomic E-state index is 5.72. The van der Waals surface area contributed by atoms with E-state index >= 15 is 0 Å². The molecule has 0 spiro atoms. The van der Waals surface area contributed by atoms with E-state index in [2.05, 4.69) is 21.8 Å². The van der Waals surface area contributed by atoms with Crippen molar-refractivity contribution in [1.82, 2.24) is 9.88 Å². The molecule has 88 valence electrons. The predicted molar refractivity (Wildman–Crippen MR) is 72.2 cm³/mol. The van der Waals surface area contributed by atoms with Crippen LogP contribution in [0.25, 0.3) is 0 Å². The molecule has 0 unspecified atom stereocenters. The van der Waals surface area contributed by atoms with Gasteiger partial charge < -0.3 is 4.90 Å². The maximum atomic E-state index is 5.72. The molecule has 0 amide bonds. The van der Waals surface area contributed by atoms with E-state index in [4.69, 9.17) is 11.6 Å². The number of nitrogens with zero attached hydrogens (tertiary/aromatic N) is 3. The van der Waals surface area contributed by atoms with Crippen LogP contribution in [0.4, 0.5) is 0 Å². The minimum Gasteiger partial charge on any atom is -0.355 e. The molecule has 1 heterocycles. The average Bonchev–Trinajstić information content (AvgIpc) is 2.31. The molecule has 0 fully saturated rings. The number of rotatable bonds is 3. The molecule has 0 radical (unpaired) electrons. The van der Waals surface area contributed by atoms with E-state index in [0.29, 0.717) is 11.7 Å². The molecule has 0 aromatic carbocycles. The third-order valence-electron chi connectivity index (χ3n) is 2.17. The molecule has 1 aromatic rings. The Morgan fingerprint density at radius 1 is 1.56 bits per heavy atom. The molecular formula is C11H16ClN3S. The lowest BCUT2D eigenvalue weighted by molar-refractivity contribution is 0.543. The first-order valence-electron chi connectivity index (χ1n) is 5.07. The quantitative estimate of drug-likeness (QED) is 0.474. The fraction of sp³-hybridized carbons (Fsp3) is 0.455. The number of hydrogen-bond acceptors (Lipinski definition) is 3. The lowest BCUT2D eigenvalue weighted by Gasteiger charge is -2.17. The molecule has 0 atom stereocenters.